The number of thioether (sulfide) groups is 1. The quantitative estimate of drug-likeness (QED) is 0.771. The standard InChI is InChI=1S/C12H18OS/c1-12(2,9-13)8-10-4-6-11(14-3)7-5-10/h4-7,13H,8-9H2,1-3H3. The van der Waals surface area contributed by atoms with E-state index in [1.807, 2.05) is 0 Å². The first-order chi connectivity index (χ1) is 6.57. The molecule has 1 aromatic carbocycles. The van der Waals surface area contributed by atoms with Crippen LogP contribution in [0.25, 0.3) is 0 Å². The highest BCUT2D eigenvalue weighted by atomic mass is 32.2. The topological polar surface area (TPSA) is 20.2 Å². The van der Waals surface area contributed by atoms with Crippen molar-refractivity contribution in [3.8, 4) is 0 Å². The van der Waals surface area contributed by atoms with Crippen molar-refractivity contribution in [2.45, 2.75) is 25.2 Å². The van der Waals surface area contributed by atoms with Gasteiger partial charge in [0.15, 0.2) is 0 Å². The van der Waals surface area contributed by atoms with Gasteiger partial charge in [-0.1, -0.05) is 26.0 Å². The van der Waals surface area contributed by atoms with Gasteiger partial charge in [0.2, 0.25) is 0 Å². The molecule has 14 heavy (non-hydrogen) atoms. The fraction of sp³-hybridized carbons (Fsp3) is 0.500. The van der Waals surface area contributed by atoms with Gasteiger partial charge in [0, 0.05) is 11.5 Å². The van der Waals surface area contributed by atoms with E-state index in [1.165, 1.54) is 10.5 Å². The number of hydrogen-bond donors (Lipinski definition) is 1. The second-order valence-corrected chi connectivity index (χ2v) is 5.23. The molecular formula is C12H18OS. The van der Waals surface area contributed by atoms with Gasteiger partial charge in [-0.2, -0.15) is 0 Å². The summed E-state index contributed by atoms with van der Waals surface area (Å²) in [7, 11) is 0. The molecule has 0 aliphatic heterocycles. The van der Waals surface area contributed by atoms with Gasteiger partial charge in [-0.3, -0.25) is 0 Å². The van der Waals surface area contributed by atoms with Crippen LogP contribution in [0.15, 0.2) is 29.2 Å². The lowest BCUT2D eigenvalue weighted by molar-refractivity contribution is 0.159. The third kappa shape index (κ3) is 3.35. The summed E-state index contributed by atoms with van der Waals surface area (Å²) in [5, 5.41) is 9.15. The zero-order valence-corrected chi connectivity index (χ0v) is 9.90. The van der Waals surface area contributed by atoms with Crippen molar-refractivity contribution in [1.82, 2.24) is 0 Å². The smallest absolute Gasteiger partial charge is 0.0485 e. The Hall–Kier alpha value is -0.470. The molecule has 0 aliphatic carbocycles. The predicted octanol–water partition coefficient (Wildman–Crippen LogP) is 2.97. The van der Waals surface area contributed by atoms with E-state index in [4.69, 9.17) is 5.11 Å². The molecule has 0 saturated heterocycles. The van der Waals surface area contributed by atoms with Crippen LogP contribution in [0.5, 0.6) is 0 Å². The zero-order valence-electron chi connectivity index (χ0n) is 9.08. The van der Waals surface area contributed by atoms with E-state index in [0.717, 1.165) is 6.42 Å². The highest BCUT2D eigenvalue weighted by Crippen LogP contribution is 2.22. The van der Waals surface area contributed by atoms with E-state index < -0.39 is 0 Å². The average molecular weight is 210 g/mol. The Bertz CT molecular complexity index is 277. The first-order valence-electron chi connectivity index (χ1n) is 4.81. The van der Waals surface area contributed by atoms with E-state index >= 15 is 0 Å². The molecule has 0 amide bonds. The summed E-state index contributed by atoms with van der Waals surface area (Å²) in [4.78, 5) is 1.29. The predicted molar refractivity (Wildman–Crippen MR) is 62.8 cm³/mol. The fourth-order valence-corrected chi connectivity index (χ4v) is 1.76. The molecule has 0 fully saturated rings. The third-order valence-corrected chi connectivity index (χ3v) is 3.01. The molecule has 0 spiro atoms. The largest absolute Gasteiger partial charge is 0.396 e. The van der Waals surface area contributed by atoms with Gasteiger partial charge in [0.1, 0.15) is 0 Å². The maximum Gasteiger partial charge on any atom is 0.0485 e. The van der Waals surface area contributed by atoms with Crippen molar-refractivity contribution in [2.24, 2.45) is 5.41 Å². The lowest BCUT2D eigenvalue weighted by Gasteiger charge is -2.21. The molecule has 1 N–H and O–H groups in total. The number of aliphatic hydroxyl groups is 1. The molecule has 1 aromatic rings. The normalized spacial score (nSPS) is 11.7. The minimum absolute atomic E-state index is 0.0130. The Kier molecular flexibility index (Phi) is 4.02. The molecular weight excluding hydrogens is 192 g/mol. The van der Waals surface area contributed by atoms with E-state index in [0.29, 0.717) is 0 Å². The van der Waals surface area contributed by atoms with E-state index in [-0.39, 0.29) is 12.0 Å². The van der Waals surface area contributed by atoms with Gasteiger partial charge in [-0.25, -0.2) is 0 Å². The SMILES string of the molecule is CSc1ccc(CC(C)(C)CO)cc1. The number of hydrogen-bond acceptors (Lipinski definition) is 2. The van der Waals surface area contributed by atoms with Crippen molar-refractivity contribution >= 4 is 11.8 Å². The molecule has 1 nitrogen and oxygen atoms in total. The molecule has 0 radical (unpaired) electrons. The summed E-state index contributed by atoms with van der Waals surface area (Å²) in [6.07, 6.45) is 3.00. The molecule has 2 heteroatoms. The minimum Gasteiger partial charge on any atom is -0.396 e. The lowest BCUT2D eigenvalue weighted by Crippen LogP contribution is -2.19. The monoisotopic (exact) mass is 210 g/mol. The second-order valence-electron chi connectivity index (χ2n) is 4.35. The number of aliphatic hydroxyl groups excluding tert-OH is 1. The highest BCUT2D eigenvalue weighted by Gasteiger charge is 2.16. The maximum atomic E-state index is 9.15. The minimum atomic E-state index is -0.0130. The molecule has 0 unspecified atom stereocenters. The van der Waals surface area contributed by atoms with Crippen LogP contribution in [-0.4, -0.2) is 18.0 Å². The van der Waals surface area contributed by atoms with Crippen molar-refractivity contribution in [3.63, 3.8) is 0 Å². The van der Waals surface area contributed by atoms with E-state index in [1.54, 1.807) is 11.8 Å². The Balaban J connectivity index is 2.69. The van der Waals surface area contributed by atoms with Crippen LogP contribution in [0, 0.1) is 5.41 Å². The van der Waals surface area contributed by atoms with Crippen LogP contribution in [0.2, 0.25) is 0 Å². The first kappa shape index (κ1) is 11.6. The fourth-order valence-electron chi connectivity index (χ4n) is 1.35. The van der Waals surface area contributed by atoms with Crippen LogP contribution in [0.3, 0.4) is 0 Å². The van der Waals surface area contributed by atoms with Crippen LogP contribution in [0.4, 0.5) is 0 Å². The molecule has 0 heterocycles. The highest BCUT2D eigenvalue weighted by molar-refractivity contribution is 7.98. The van der Waals surface area contributed by atoms with Gasteiger partial charge in [0.05, 0.1) is 0 Å². The van der Waals surface area contributed by atoms with Gasteiger partial charge >= 0.3 is 0 Å². The third-order valence-electron chi connectivity index (χ3n) is 2.27. The molecule has 0 aromatic heterocycles. The summed E-state index contributed by atoms with van der Waals surface area (Å²) in [6.45, 7) is 4.39. The molecule has 78 valence electrons. The van der Waals surface area contributed by atoms with Crippen molar-refractivity contribution < 1.29 is 5.11 Å². The summed E-state index contributed by atoms with van der Waals surface area (Å²) >= 11 is 1.75. The van der Waals surface area contributed by atoms with Gasteiger partial charge in [-0.05, 0) is 35.8 Å². The lowest BCUT2D eigenvalue weighted by atomic mass is 9.87. The molecule has 0 saturated carbocycles. The molecule has 0 bridgehead atoms. The Labute approximate surface area is 90.5 Å². The Morgan fingerprint density at radius 1 is 1.21 bits per heavy atom. The van der Waals surface area contributed by atoms with Crippen molar-refractivity contribution in [3.05, 3.63) is 29.8 Å². The zero-order chi connectivity index (χ0) is 10.6. The number of benzene rings is 1. The van der Waals surface area contributed by atoms with Gasteiger partial charge in [0.25, 0.3) is 0 Å². The molecule has 0 atom stereocenters. The molecule has 0 aliphatic rings. The maximum absolute atomic E-state index is 9.15. The Morgan fingerprint density at radius 2 is 1.79 bits per heavy atom. The summed E-state index contributed by atoms with van der Waals surface area (Å²) in [5.74, 6) is 0. The first-order valence-corrected chi connectivity index (χ1v) is 6.04. The van der Waals surface area contributed by atoms with Crippen molar-refractivity contribution in [1.29, 1.82) is 0 Å². The second kappa shape index (κ2) is 4.85. The Morgan fingerprint density at radius 3 is 2.21 bits per heavy atom. The van der Waals surface area contributed by atoms with Crippen molar-refractivity contribution in [2.75, 3.05) is 12.9 Å². The van der Waals surface area contributed by atoms with E-state index in [2.05, 4.69) is 44.4 Å². The summed E-state index contributed by atoms with van der Waals surface area (Å²) < 4.78 is 0. The summed E-state index contributed by atoms with van der Waals surface area (Å²) in [5.41, 5.74) is 1.28. The van der Waals surface area contributed by atoms with Crippen LogP contribution in [-0.2, 0) is 6.42 Å². The van der Waals surface area contributed by atoms with Gasteiger partial charge < -0.3 is 5.11 Å². The number of rotatable bonds is 4. The summed E-state index contributed by atoms with van der Waals surface area (Å²) in [6, 6.07) is 8.55. The van der Waals surface area contributed by atoms with E-state index in [9.17, 15) is 0 Å². The van der Waals surface area contributed by atoms with Crippen LogP contribution >= 0.6 is 11.8 Å². The van der Waals surface area contributed by atoms with Crippen LogP contribution < -0.4 is 0 Å². The van der Waals surface area contributed by atoms with Crippen LogP contribution in [0.1, 0.15) is 19.4 Å². The average Bonchev–Trinajstić information content (AvgIpc) is 2.19. The van der Waals surface area contributed by atoms with Gasteiger partial charge in [-0.15, -0.1) is 11.8 Å². The molecule has 1 rings (SSSR count).